The van der Waals surface area contributed by atoms with Crippen LogP contribution in [0.3, 0.4) is 0 Å². The number of rotatable bonds is 8. The van der Waals surface area contributed by atoms with Crippen molar-refractivity contribution < 1.29 is 19.1 Å². The lowest BCUT2D eigenvalue weighted by Crippen LogP contribution is -2.19. The fraction of sp³-hybridized carbons (Fsp3) is 0.200. The number of nitrogens with two attached hydrogens (primary N) is 1. The second-order valence-electron chi connectivity index (χ2n) is 6.01. The Balaban J connectivity index is 1.57. The van der Waals surface area contributed by atoms with Gasteiger partial charge >= 0.3 is 12.0 Å². The molecule has 0 saturated carbocycles. The topological polar surface area (TPSA) is 139 Å². The maximum Gasteiger partial charge on any atom is 0.338 e. The van der Waals surface area contributed by atoms with Gasteiger partial charge in [-0.1, -0.05) is 17.4 Å². The molecule has 0 aliphatic heterocycles. The Morgan fingerprint density at radius 3 is 2.80 bits per heavy atom. The second-order valence-corrected chi connectivity index (χ2v) is 7.04. The number of anilines is 2. The fourth-order valence-corrected chi connectivity index (χ4v) is 3.39. The molecule has 10 heteroatoms. The molecule has 0 aliphatic carbocycles. The first kappa shape index (κ1) is 21.2. The summed E-state index contributed by atoms with van der Waals surface area (Å²) in [5, 5.41) is 14.7. The van der Waals surface area contributed by atoms with Gasteiger partial charge in [0.25, 0.3) is 0 Å². The van der Waals surface area contributed by atoms with Crippen LogP contribution >= 0.6 is 11.3 Å². The summed E-state index contributed by atoms with van der Waals surface area (Å²) in [5.74, 6) is -0.519. The number of nitrogens with one attached hydrogen (secondary N) is 2. The van der Waals surface area contributed by atoms with E-state index >= 15 is 0 Å². The van der Waals surface area contributed by atoms with Gasteiger partial charge in [0.05, 0.1) is 40.6 Å². The van der Waals surface area contributed by atoms with Gasteiger partial charge in [0.2, 0.25) is 0 Å². The summed E-state index contributed by atoms with van der Waals surface area (Å²) < 4.78 is 11.1. The van der Waals surface area contributed by atoms with Gasteiger partial charge in [0.1, 0.15) is 6.61 Å². The second kappa shape index (κ2) is 10.3. The molecule has 0 atom stereocenters. The van der Waals surface area contributed by atoms with Crippen molar-refractivity contribution >= 4 is 44.4 Å². The molecule has 3 aromatic rings. The van der Waals surface area contributed by atoms with Crippen molar-refractivity contribution in [3.8, 4) is 6.07 Å². The van der Waals surface area contributed by atoms with Gasteiger partial charge in [-0.15, -0.1) is 0 Å². The molecule has 0 bridgehead atoms. The summed E-state index contributed by atoms with van der Waals surface area (Å²) in [4.78, 5) is 28.7. The first-order valence-corrected chi connectivity index (χ1v) is 9.84. The van der Waals surface area contributed by atoms with Crippen LogP contribution < -0.4 is 16.4 Å². The van der Waals surface area contributed by atoms with Gasteiger partial charge in [0, 0.05) is 12.2 Å². The lowest BCUT2D eigenvalue weighted by molar-refractivity contribution is 0.0328. The molecule has 0 saturated heterocycles. The van der Waals surface area contributed by atoms with Gasteiger partial charge in [-0.05, 0) is 36.4 Å². The minimum Gasteiger partial charge on any atom is -0.460 e. The fourth-order valence-electron chi connectivity index (χ4n) is 2.49. The van der Waals surface area contributed by atoms with E-state index in [1.165, 1.54) is 17.4 Å². The summed E-state index contributed by atoms with van der Waals surface area (Å²) in [6, 6.07) is 13.1. The van der Waals surface area contributed by atoms with Crippen LogP contribution in [0, 0.1) is 11.3 Å². The minimum absolute atomic E-state index is 0.113. The molecule has 4 N–H and O–H groups in total. The Morgan fingerprint density at radius 2 is 2.00 bits per heavy atom. The zero-order valence-corrected chi connectivity index (χ0v) is 16.7. The summed E-state index contributed by atoms with van der Waals surface area (Å²) in [7, 11) is 0. The summed E-state index contributed by atoms with van der Waals surface area (Å²) >= 11 is 1.26. The summed E-state index contributed by atoms with van der Waals surface area (Å²) in [5.41, 5.74) is 7.25. The van der Waals surface area contributed by atoms with E-state index in [9.17, 15) is 9.59 Å². The third-order valence-electron chi connectivity index (χ3n) is 3.82. The largest absolute Gasteiger partial charge is 0.460 e. The van der Waals surface area contributed by atoms with Crippen molar-refractivity contribution in [1.29, 1.82) is 5.26 Å². The van der Waals surface area contributed by atoms with E-state index in [1.807, 2.05) is 0 Å². The van der Waals surface area contributed by atoms with E-state index in [1.54, 1.807) is 36.4 Å². The van der Waals surface area contributed by atoms with E-state index in [0.717, 1.165) is 4.70 Å². The van der Waals surface area contributed by atoms with Crippen LogP contribution in [-0.2, 0) is 9.47 Å². The first-order chi connectivity index (χ1) is 14.6. The summed E-state index contributed by atoms with van der Waals surface area (Å²) in [6.07, 6.45) is 0. The smallest absolute Gasteiger partial charge is 0.338 e. The maximum atomic E-state index is 12.3. The number of nitriles is 1. The third kappa shape index (κ3) is 5.74. The summed E-state index contributed by atoms with van der Waals surface area (Å²) in [6.45, 7) is 1.19. The molecule has 0 aliphatic rings. The number of amides is 2. The van der Waals surface area contributed by atoms with Crippen LogP contribution in [0.2, 0.25) is 0 Å². The Bertz CT molecular complexity index is 1090. The van der Waals surface area contributed by atoms with Crippen LogP contribution in [-0.4, -0.2) is 43.3 Å². The highest BCUT2D eigenvalue weighted by Crippen LogP contribution is 2.26. The maximum absolute atomic E-state index is 12.3. The number of thiazole rings is 1. The molecule has 9 nitrogen and oxygen atoms in total. The third-order valence-corrected chi connectivity index (χ3v) is 4.75. The van der Waals surface area contributed by atoms with E-state index in [0.29, 0.717) is 40.6 Å². The van der Waals surface area contributed by atoms with Gasteiger partial charge in [0.15, 0.2) is 5.13 Å². The predicted octanol–water partition coefficient (Wildman–Crippen LogP) is 2.94. The molecule has 30 heavy (non-hydrogen) atoms. The zero-order valence-electron chi connectivity index (χ0n) is 15.9. The Hall–Kier alpha value is -3.52. The SMILES string of the molecule is N#Cc1ccc2nc(NC(=O)Nc3cccc(C(=O)OCCOCCN)c3)sc2c1. The number of hydrogen-bond donors (Lipinski definition) is 3. The number of esters is 1. The molecule has 0 fully saturated rings. The van der Waals surface area contributed by atoms with E-state index in [2.05, 4.69) is 21.7 Å². The number of benzene rings is 2. The van der Waals surface area contributed by atoms with Crippen LogP contribution in [0.1, 0.15) is 15.9 Å². The molecule has 0 unspecified atom stereocenters. The molecular weight excluding hydrogens is 406 g/mol. The lowest BCUT2D eigenvalue weighted by Gasteiger charge is -2.08. The normalized spacial score (nSPS) is 10.4. The van der Waals surface area contributed by atoms with Crippen LogP contribution in [0.5, 0.6) is 0 Å². The number of fused-ring (bicyclic) bond motifs is 1. The standard InChI is InChI=1S/C20H19N5O4S/c21-6-7-28-8-9-29-18(26)14-2-1-3-15(11-14)23-19(27)25-20-24-16-5-4-13(12-22)10-17(16)30-20/h1-5,10-11H,6-9,21H2,(H2,23,24,25,27). The predicted molar refractivity (Wildman–Crippen MR) is 114 cm³/mol. The molecule has 1 heterocycles. The van der Waals surface area contributed by atoms with Crippen molar-refractivity contribution in [1.82, 2.24) is 4.98 Å². The van der Waals surface area contributed by atoms with E-state index in [-0.39, 0.29) is 13.2 Å². The highest BCUT2D eigenvalue weighted by molar-refractivity contribution is 7.22. The first-order valence-electron chi connectivity index (χ1n) is 9.03. The Kier molecular flexibility index (Phi) is 7.29. The molecule has 154 valence electrons. The number of hydrogen-bond acceptors (Lipinski definition) is 8. The number of urea groups is 1. The van der Waals surface area contributed by atoms with E-state index in [4.69, 9.17) is 20.5 Å². The molecule has 1 aromatic heterocycles. The van der Waals surface area contributed by atoms with Crippen LogP contribution in [0.15, 0.2) is 42.5 Å². The molecule has 2 aromatic carbocycles. The van der Waals surface area contributed by atoms with Gasteiger partial charge < -0.3 is 20.5 Å². The number of nitrogens with zero attached hydrogens (tertiary/aromatic N) is 2. The average molecular weight is 425 g/mol. The highest BCUT2D eigenvalue weighted by atomic mass is 32.1. The van der Waals surface area contributed by atoms with Gasteiger partial charge in [-0.25, -0.2) is 14.6 Å². The number of aromatic nitrogens is 1. The van der Waals surface area contributed by atoms with Crippen molar-refractivity contribution in [2.24, 2.45) is 5.73 Å². The molecule has 2 amide bonds. The van der Waals surface area contributed by atoms with Crippen LogP contribution in [0.4, 0.5) is 15.6 Å². The highest BCUT2D eigenvalue weighted by Gasteiger charge is 2.11. The zero-order chi connectivity index (χ0) is 21.3. The van der Waals surface area contributed by atoms with E-state index < -0.39 is 12.0 Å². The van der Waals surface area contributed by atoms with Crippen molar-refractivity contribution in [3.05, 3.63) is 53.6 Å². The Labute approximate surface area is 176 Å². The molecular formula is C20H19N5O4S. The minimum atomic E-state index is -0.519. The van der Waals surface area contributed by atoms with Gasteiger partial charge in [-0.2, -0.15) is 5.26 Å². The number of carbonyl (C=O) groups is 2. The molecule has 3 rings (SSSR count). The monoisotopic (exact) mass is 425 g/mol. The van der Waals surface area contributed by atoms with Crippen LogP contribution in [0.25, 0.3) is 10.2 Å². The van der Waals surface area contributed by atoms with Crippen molar-refractivity contribution in [3.63, 3.8) is 0 Å². The lowest BCUT2D eigenvalue weighted by atomic mass is 10.2. The number of carbonyl (C=O) groups excluding carboxylic acids is 2. The molecule has 0 radical (unpaired) electrons. The van der Waals surface area contributed by atoms with Crippen molar-refractivity contribution in [2.75, 3.05) is 37.0 Å². The number of ether oxygens (including phenoxy) is 2. The van der Waals surface area contributed by atoms with Crippen molar-refractivity contribution in [2.45, 2.75) is 0 Å². The molecule has 0 spiro atoms. The quantitative estimate of drug-likeness (QED) is 0.372. The Morgan fingerprint density at radius 1 is 1.13 bits per heavy atom. The van der Waals surface area contributed by atoms with Gasteiger partial charge in [-0.3, -0.25) is 5.32 Å². The average Bonchev–Trinajstić information content (AvgIpc) is 3.14.